The van der Waals surface area contributed by atoms with E-state index in [-0.39, 0.29) is 18.1 Å². The van der Waals surface area contributed by atoms with Crippen LogP contribution in [-0.4, -0.2) is 43.7 Å². The van der Waals surface area contributed by atoms with Gasteiger partial charge in [0.1, 0.15) is 0 Å². The second-order valence-corrected chi connectivity index (χ2v) is 6.54. The summed E-state index contributed by atoms with van der Waals surface area (Å²) in [6.45, 7) is 3.71. The highest BCUT2D eigenvalue weighted by atomic mass is 35.5. The van der Waals surface area contributed by atoms with E-state index in [2.05, 4.69) is 5.32 Å². The van der Waals surface area contributed by atoms with E-state index in [4.69, 9.17) is 27.9 Å². The summed E-state index contributed by atoms with van der Waals surface area (Å²) < 4.78 is 5.49. The number of hydrogen-bond acceptors (Lipinski definition) is 3. The summed E-state index contributed by atoms with van der Waals surface area (Å²) >= 11 is 12.1. The van der Waals surface area contributed by atoms with Gasteiger partial charge in [0.05, 0.1) is 12.6 Å². The third-order valence-corrected chi connectivity index (χ3v) is 4.58. The van der Waals surface area contributed by atoms with Gasteiger partial charge in [0.2, 0.25) is 5.91 Å². The predicted molar refractivity (Wildman–Crippen MR) is 89.5 cm³/mol. The van der Waals surface area contributed by atoms with Gasteiger partial charge in [0, 0.05) is 29.2 Å². The van der Waals surface area contributed by atoms with Gasteiger partial charge in [-0.3, -0.25) is 9.69 Å². The van der Waals surface area contributed by atoms with E-state index >= 15 is 0 Å². The molecule has 6 heteroatoms. The lowest BCUT2D eigenvalue weighted by Gasteiger charge is -2.25. The molecule has 1 aromatic carbocycles. The molecular formula is C16H22Cl2N2O2. The minimum Gasteiger partial charge on any atom is -0.376 e. The van der Waals surface area contributed by atoms with Crippen LogP contribution in [-0.2, 0) is 9.53 Å². The van der Waals surface area contributed by atoms with Crippen LogP contribution in [0.4, 0.5) is 0 Å². The van der Waals surface area contributed by atoms with Gasteiger partial charge >= 0.3 is 0 Å². The monoisotopic (exact) mass is 344 g/mol. The number of benzene rings is 1. The fourth-order valence-electron chi connectivity index (χ4n) is 2.53. The minimum absolute atomic E-state index is 0.00469. The fourth-order valence-corrected chi connectivity index (χ4v) is 3.10. The van der Waals surface area contributed by atoms with Crippen molar-refractivity contribution in [1.82, 2.24) is 10.2 Å². The number of amides is 1. The largest absolute Gasteiger partial charge is 0.376 e. The Bertz CT molecular complexity index is 519. The first-order valence-corrected chi connectivity index (χ1v) is 8.26. The molecule has 0 aromatic heterocycles. The van der Waals surface area contributed by atoms with E-state index in [0.717, 1.165) is 25.0 Å². The van der Waals surface area contributed by atoms with Crippen molar-refractivity contribution in [1.29, 1.82) is 0 Å². The molecular weight excluding hydrogens is 323 g/mol. The molecule has 2 rings (SSSR count). The summed E-state index contributed by atoms with van der Waals surface area (Å²) in [5.41, 5.74) is 0.959. The number of nitrogens with one attached hydrogen (secondary N) is 1. The topological polar surface area (TPSA) is 41.6 Å². The fraction of sp³-hybridized carbons (Fsp3) is 0.562. The number of halogens is 2. The van der Waals surface area contributed by atoms with Crippen molar-refractivity contribution in [2.45, 2.75) is 31.9 Å². The van der Waals surface area contributed by atoms with Crippen molar-refractivity contribution in [3.63, 3.8) is 0 Å². The molecule has 1 heterocycles. The zero-order valence-electron chi connectivity index (χ0n) is 12.9. The zero-order valence-corrected chi connectivity index (χ0v) is 14.5. The van der Waals surface area contributed by atoms with Gasteiger partial charge in [-0.15, -0.1) is 0 Å². The SMILES string of the molecule is C[C@@H](c1ccc(Cl)cc1Cl)N(C)CC(=O)NC[C@H]1CCCO1. The summed E-state index contributed by atoms with van der Waals surface area (Å²) in [4.78, 5) is 14.0. The second kappa shape index (κ2) is 8.16. The molecule has 1 aromatic rings. The van der Waals surface area contributed by atoms with Crippen molar-refractivity contribution in [3.05, 3.63) is 33.8 Å². The van der Waals surface area contributed by atoms with Gasteiger partial charge < -0.3 is 10.1 Å². The highest BCUT2D eigenvalue weighted by molar-refractivity contribution is 6.35. The third kappa shape index (κ3) is 4.85. The van der Waals surface area contributed by atoms with E-state index in [1.165, 1.54) is 0 Å². The Morgan fingerprint density at radius 2 is 2.27 bits per heavy atom. The highest BCUT2D eigenvalue weighted by Gasteiger charge is 2.19. The Balaban J connectivity index is 1.84. The van der Waals surface area contributed by atoms with Gasteiger partial charge in [-0.05, 0) is 44.5 Å². The number of nitrogens with zero attached hydrogens (tertiary/aromatic N) is 1. The van der Waals surface area contributed by atoms with Crippen LogP contribution in [0.5, 0.6) is 0 Å². The predicted octanol–water partition coefficient (Wildman–Crippen LogP) is 3.28. The maximum Gasteiger partial charge on any atom is 0.234 e. The maximum absolute atomic E-state index is 12.0. The van der Waals surface area contributed by atoms with Crippen molar-refractivity contribution >= 4 is 29.1 Å². The first kappa shape index (κ1) is 17.5. The summed E-state index contributed by atoms with van der Waals surface area (Å²) in [6, 6.07) is 5.46. The molecule has 1 N–H and O–H groups in total. The quantitative estimate of drug-likeness (QED) is 0.860. The number of carbonyl (C=O) groups excluding carboxylic acids is 1. The smallest absolute Gasteiger partial charge is 0.234 e. The molecule has 0 aliphatic carbocycles. The van der Waals surface area contributed by atoms with Crippen molar-refractivity contribution in [2.75, 3.05) is 26.7 Å². The van der Waals surface area contributed by atoms with Gasteiger partial charge in [0.15, 0.2) is 0 Å². The Morgan fingerprint density at radius 1 is 1.50 bits per heavy atom. The number of likely N-dealkylation sites (N-methyl/N-ethyl adjacent to an activating group) is 1. The average Bonchev–Trinajstić information content (AvgIpc) is 2.97. The molecule has 1 amide bonds. The Morgan fingerprint density at radius 3 is 2.91 bits per heavy atom. The number of carbonyl (C=O) groups is 1. The average molecular weight is 345 g/mol. The standard InChI is InChI=1S/C16H22Cl2N2O2/c1-11(14-6-5-12(17)8-15(14)18)20(2)10-16(21)19-9-13-4-3-7-22-13/h5-6,8,11,13H,3-4,7,9-10H2,1-2H3,(H,19,21)/t11-,13+/m0/s1. The van der Waals surface area contributed by atoms with Gasteiger partial charge in [-0.1, -0.05) is 29.3 Å². The van der Waals surface area contributed by atoms with Crippen LogP contribution in [0.3, 0.4) is 0 Å². The summed E-state index contributed by atoms with van der Waals surface area (Å²) in [5, 5.41) is 4.15. The van der Waals surface area contributed by atoms with Gasteiger partial charge in [0.25, 0.3) is 0 Å². The van der Waals surface area contributed by atoms with Crippen LogP contribution in [0, 0.1) is 0 Å². The van der Waals surface area contributed by atoms with Gasteiger partial charge in [-0.25, -0.2) is 0 Å². The summed E-state index contributed by atoms with van der Waals surface area (Å²) in [5.74, 6) is -0.00469. The number of rotatable bonds is 6. The molecule has 0 saturated carbocycles. The van der Waals surface area contributed by atoms with E-state index in [1.54, 1.807) is 6.07 Å². The Kier molecular flexibility index (Phi) is 6.50. The molecule has 1 aliphatic heterocycles. The van der Waals surface area contributed by atoms with E-state index in [9.17, 15) is 4.79 Å². The first-order valence-electron chi connectivity index (χ1n) is 7.51. The first-order chi connectivity index (χ1) is 10.5. The van der Waals surface area contributed by atoms with Crippen molar-refractivity contribution < 1.29 is 9.53 Å². The second-order valence-electron chi connectivity index (χ2n) is 5.70. The van der Waals surface area contributed by atoms with Crippen LogP contribution < -0.4 is 5.32 Å². The molecule has 1 saturated heterocycles. The molecule has 22 heavy (non-hydrogen) atoms. The maximum atomic E-state index is 12.0. The van der Waals surface area contributed by atoms with Crippen LogP contribution >= 0.6 is 23.2 Å². The molecule has 4 nitrogen and oxygen atoms in total. The van der Waals surface area contributed by atoms with Crippen LogP contribution in [0.25, 0.3) is 0 Å². The molecule has 0 spiro atoms. The molecule has 2 atom stereocenters. The molecule has 0 unspecified atom stereocenters. The lowest BCUT2D eigenvalue weighted by Crippen LogP contribution is -2.39. The number of ether oxygens (including phenoxy) is 1. The Labute approximate surface area is 141 Å². The molecule has 122 valence electrons. The van der Waals surface area contributed by atoms with E-state index in [1.807, 2.05) is 31.0 Å². The summed E-state index contributed by atoms with van der Waals surface area (Å²) in [6.07, 6.45) is 2.26. The van der Waals surface area contributed by atoms with Crippen LogP contribution in [0.2, 0.25) is 10.0 Å². The molecule has 1 aliphatic rings. The minimum atomic E-state index is -0.00469. The van der Waals surface area contributed by atoms with Crippen molar-refractivity contribution in [3.8, 4) is 0 Å². The zero-order chi connectivity index (χ0) is 16.1. The van der Waals surface area contributed by atoms with E-state index in [0.29, 0.717) is 23.1 Å². The third-order valence-electron chi connectivity index (χ3n) is 4.02. The lowest BCUT2D eigenvalue weighted by molar-refractivity contribution is -0.122. The highest BCUT2D eigenvalue weighted by Crippen LogP contribution is 2.28. The molecule has 0 radical (unpaired) electrons. The van der Waals surface area contributed by atoms with Crippen molar-refractivity contribution in [2.24, 2.45) is 0 Å². The Hall–Kier alpha value is -0.810. The molecule has 1 fully saturated rings. The van der Waals surface area contributed by atoms with E-state index < -0.39 is 0 Å². The normalized spacial score (nSPS) is 19.4. The van der Waals surface area contributed by atoms with Crippen LogP contribution in [0.15, 0.2) is 18.2 Å². The van der Waals surface area contributed by atoms with Gasteiger partial charge in [-0.2, -0.15) is 0 Å². The number of hydrogen-bond donors (Lipinski definition) is 1. The molecule has 0 bridgehead atoms. The van der Waals surface area contributed by atoms with Crippen LogP contribution in [0.1, 0.15) is 31.4 Å². The summed E-state index contributed by atoms with van der Waals surface area (Å²) in [7, 11) is 1.90. The lowest BCUT2D eigenvalue weighted by atomic mass is 10.1.